The molecule has 1 aliphatic rings. The lowest BCUT2D eigenvalue weighted by atomic mass is 9.83. The monoisotopic (exact) mass is 318 g/mol. The summed E-state index contributed by atoms with van der Waals surface area (Å²) in [6.45, 7) is 3.44. The predicted octanol–water partition coefficient (Wildman–Crippen LogP) is 1.38. The van der Waals surface area contributed by atoms with Crippen molar-refractivity contribution in [1.82, 2.24) is 4.98 Å². The van der Waals surface area contributed by atoms with Crippen LogP contribution in [0, 0.1) is 0 Å². The summed E-state index contributed by atoms with van der Waals surface area (Å²) in [4.78, 5) is 28.6. The zero-order valence-corrected chi connectivity index (χ0v) is 13.2. The number of carbonyl (C=O) groups excluding carboxylic acids is 2. The molecule has 2 heterocycles. The highest BCUT2D eigenvalue weighted by Crippen LogP contribution is 2.39. The lowest BCUT2D eigenvalue weighted by molar-refractivity contribution is -0.139. The van der Waals surface area contributed by atoms with E-state index in [9.17, 15) is 9.59 Å². The zero-order chi connectivity index (χ0) is 17.0. The number of methoxy groups -OCH3 is 1. The first-order valence-electron chi connectivity index (χ1n) is 7.04. The Kier molecular flexibility index (Phi) is 5.00. The van der Waals surface area contributed by atoms with Crippen LogP contribution in [0.2, 0.25) is 0 Å². The molecular weight excluding hydrogens is 300 g/mol. The fourth-order valence-electron chi connectivity index (χ4n) is 2.44. The SMILES string of the molecule is CCOC(=O)C1=C(N)OC(C)=C(C(=O)OC)C1c1cccnc1. The zero-order valence-electron chi connectivity index (χ0n) is 13.2. The van der Waals surface area contributed by atoms with E-state index < -0.39 is 17.9 Å². The number of nitrogens with zero attached hydrogens (tertiary/aromatic N) is 1. The summed E-state index contributed by atoms with van der Waals surface area (Å²) >= 11 is 0. The summed E-state index contributed by atoms with van der Waals surface area (Å²) < 4.78 is 15.2. The Morgan fingerprint density at radius 1 is 1.35 bits per heavy atom. The van der Waals surface area contributed by atoms with E-state index in [1.807, 2.05) is 0 Å². The smallest absolute Gasteiger partial charge is 0.340 e. The van der Waals surface area contributed by atoms with Gasteiger partial charge < -0.3 is 19.9 Å². The number of pyridine rings is 1. The van der Waals surface area contributed by atoms with Crippen molar-refractivity contribution >= 4 is 11.9 Å². The first kappa shape index (κ1) is 16.5. The summed E-state index contributed by atoms with van der Waals surface area (Å²) in [6.07, 6.45) is 3.15. The minimum absolute atomic E-state index is 0.0610. The summed E-state index contributed by atoms with van der Waals surface area (Å²) in [6, 6.07) is 3.44. The third-order valence-electron chi connectivity index (χ3n) is 3.40. The molecule has 1 aromatic rings. The normalized spacial score (nSPS) is 17.6. The molecule has 0 fully saturated rings. The first-order chi connectivity index (χ1) is 11.0. The maximum atomic E-state index is 12.3. The van der Waals surface area contributed by atoms with Crippen molar-refractivity contribution in [2.45, 2.75) is 19.8 Å². The molecule has 1 atom stereocenters. The standard InChI is InChI=1S/C16H18N2O5/c1-4-22-16(20)13-12(10-6-5-7-18-8-10)11(15(19)21-3)9(2)23-14(13)17/h5-8,12H,4,17H2,1-3H3. The van der Waals surface area contributed by atoms with Crippen molar-refractivity contribution in [2.75, 3.05) is 13.7 Å². The quantitative estimate of drug-likeness (QED) is 0.837. The van der Waals surface area contributed by atoms with Crippen LogP contribution in [-0.4, -0.2) is 30.6 Å². The molecule has 0 radical (unpaired) electrons. The maximum Gasteiger partial charge on any atom is 0.340 e. The fraction of sp³-hybridized carbons (Fsp3) is 0.312. The number of allylic oxidation sites excluding steroid dienone is 1. The molecule has 0 saturated carbocycles. The molecule has 0 spiro atoms. The van der Waals surface area contributed by atoms with Crippen molar-refractivity contribution in [1.29, 1.82) is 0 Å². The Bertz CT molecular complexity index is 679. The predicted molar refractivity (Wildman–Crippen MR) is 80.6 cm³/mol. The average molecular weight is 318 g/mol. The number of nitrogens with two attached hydrogens (primary N) is 1. The molecule has 1 unspecified atom stereocenters. The second kappa shape index (κ2) is 6.95. The van der Waals surface area contributed by atoms with E-state index in [4.69, 9.17) is 19.9 Å². The van der Waals surface area contributed by atoms with Gasteiger partial charge >= 0.3 is 11.9 Å². The van der Waals surface area contributed by atoms with E-state index in [0.717, 1.165) is 0 Å². The van der Waals surface area contributed by atoms with E-state index in [0.29, 0.717) is 5.56 Å². The van der Waals surface area contributed by atoms with Gasteiger partial charge in [0.2, 0.25) is 5.88 Å². The highest BCUT2D eigenvalue weighted by molar-refractivity contribution is 5.99. The third kappa shape index (κ3) is 3.18. The van der Waals surface area contributed by atoms with E-state index in [1.165, 1.54) is 7.11 Å². The Morgan fingerprint density at radius 2 is 2.09 bits per heavy atom. The van der Waals surface area contributed by atoms with Gasteiger partial charge in [-0.25, -0.2) is 9.59 Å². The van der Waals surface area contributed by atoms with Crippen LogP contribution in [0.4, 0.5) is 0 Å². The van der Waals surface area contributed by atoms with Crippen LogP contribution in [-0.2, 0) is 23.8 Å². The molecule has 7 nitrogen and oxygen atoms in total. The highest BCUT2D eigenvalue weighted by Gasteiger charge is 2.39. The van der Waals surface area contributed by atoms with Gasteiger partial charge in [0.05, 0.1) is 25.2 Å². The second-order valence-electron chi connectivity index (χ2n) is 4.78. The van der Waals surface area contributed by atoms with E-state index in [2.05, 4.69) is 4.98 Å². The van der Waals surface area contributed by atoms with Gasteiger partial charge in [-0.1, -0.05) is 6.07 Å². The molecular formula is C16H18N2O5. The number of hydrogen-bond acceptors (Lipinski definition) is 7. The summed E-state index contributed by atoms with van der Waals surface area (Å²) in [5, 5.41) is 0. The average Bonchev–Trinajstić information content (AvgIpc) is 2.54. The molecule has 0 aliphatic carbocycles. The molecule has 122 valence electrons. The van der Waals surface area contributed by atoms with Gasteiger partial charge in [-0.2, -0.15) is 0 Å². The minimum atomic E-state index is -0.760. The van der Waals surface area contributed by atoms with Gasteiger partial charge in [0.15, 0.2) is 0 Å². The van der Waals surface area contributed by atoms with Crippen molar-refractivity contribution < 1.29 is 23.8 Å². The number of carbonyl (C=O) groups is 2. The molecule has 0 saturated heterocycles. The molecule has 1 aromatic heterocycles. The van der Waals surface area contributed by atoms with Crippen molar-refractivity contribution in [3.05, 3.63) is 52.9 Å². The molecule has 0 aromatic carbocycles. The Morgan fingerprint density at radius 3 is 2.65 bits per heavy atom. The van der Waals surface area contributed by atoms with Crippen molar-refractivity contribution in [2.24, 2.45) is 5.73 Å². The number of rotatable bonds is 4. The highest BCUT2D eigenvalue weighted by atomic mass is 16.5. The van der Waals surface area contributed by atoms with Crippen LogP contribution in [0.15, 0.2) is 47.3 Å². The number of ether oxygens (including phenoxy) is 3. The van der Waals surface area contributed by atoms with E-state index in [1.54, 1.807) is 38.4 Å². The topological polar surface area (TPSA) is 101 Å². The van der Waals surface area contributed by atoms with Crippen LogP contribution in [0.1, 0.15) is 25.3 Å². The van der Waals surface area contributed by atoms with Crippen LogP contribution >= 0.6 is 0 Å². The van der Waals surface area contributed by atoms with Gasteiger partial charge in [-0.3, -0.25) is 4.98 Å². The molecule has 0 amide bonds. The summed E-state index contributed by atoms with van der Waals surface area (Å²) in [5.41, 5.74) is 6.75. The van der Waals surface area contributed by atoms with Crippen molar-refractivity contribution in [3.63, 3.8) is 0 Å². The third-order valence-corrected chi connectivity index (χ3v) is 3.40. The summed E-state index contributed by atoms with van der Waals surface area (Å²) in [5.74, 6) is -1.83. The van der Waals surface area contributed by atoms with Crippen LogP contribution in [0.3, 0.4) is 0 Å². The van der Waals surface area contributed by atoms with E-state index in [-0.39, 0.29) is 29.4 Å². The fourth-order valence-corrected chi connectivity index (χ4v) is 2.44. The maximum absolute atomic E-state index is 12.3. The van der Waals surface area contributed by atoms with Gasteiger partial charge in [0.25, 0.3) is 0 Å². The van der Waals surface area contributed by atoms with Crippen LogP contribution < -0.4 is 5.73 Å². The Balaban J connectivity index is 2.62. The second-order valence-corrected chi connectivity index (χ2v) is 4.78. The molecule has 23 heavy (non-hydrogen) atoms. The van der Waals surface area contributed by atoms with Gasteiger partial charge in [-0.05, 0) is 25.5 Å². The Hall–Kier alpha value is -2.83. The number of hydrogen-bond donors (Lipinski definition) is 1. The minimum Gasteiger partial charge on any atom is -0.466 e. The number of esters is 2. The van der Waals surface area contributed by atoms with Gasteiger partial charge in [0, 0.05) is 12.4 Å². The number of aromatic nitrogens is 1. The largest absolute Gasteiger partial charge is 0.466 e. The molecule has 2 rings (SSSR count). The van der Waals surface area contributed by atoms with Gasteiger partial charge in [0.1, 0.15) is 11.3 Å². The molecule has 2 N–H and O–H groups in total. The van der Waals surface area contributed by atoms with Crippen molar-refractivity contribution in [3.8, 4) is 0 Å². The lowest BCUT2D eigenvalue weighted by Gasteiger charge is -2.28. The summed E-state index contributed by atoms with van der Waals surface area (Å²) in [7, 11) is 1.26. The Labute approximate surface area is 133 Å². The lowest BCUT2D eigenvalue weighted by Crippen LogP contribution is -2.30. The van der Waals surface area contributed by atoms with Crippen LogP contribution in [0.5, 0.6) is 0 Å². The van der Waals surface area contributed by atoms with Crippen LogP contribution in [0.25, 0.3) is 0 Å². The van der Waals surface area contributed by atoms with Gasteiger partial charge in [-0.15, -0.1) is 0 Å². The molecule has 7 heteroatoms. The first-order valence-corrected chi connectivity index (χ1v) is 7.04. The molecule has 1 aliphatic heterocycles. The molecule has 0 bridgehead atoms. The van der Waals surface area contributed by atoms with E-state index >= 15 is 0 Å².